The summed E-state index contributed by atoms with van der Waals surface area (Å²) in [5, 5.41) is 2.83. The molecular formula is C20H27NO6. The van der Waals surface area contributed by atoms with Gasteiger partial charge in [0.2, 0.25) is 5.91 Å². The molecule has 1 saturated heterocycles. The van der Waals surface area contributed by atoms with Crippen LogP contribution in [0, 0.1) is 0 Å². The maximum absolute atomic E-state index is 11.8. The fourth-order valence-electron chi connectivity index (χ4n) is 3.02. The maximum Gasteiger partial charge on any atom is 0.303 e. The summed E-state index contributed by atoms with van der Waals surface area (Å²) in [7, 11) is 0. The number of rotatable bonds is 8. The van der Waals surface area contributed by atoms with Crippen LogP contribution in [0.1, 0.15) is 26.3 Å². The van der Waals surface area contributed by atoms with E-state index in [1.807, 2.05) is 30.3 Å². The second-order valence-corrected chi connectivity index (χ2v) is 6.39. The number of ether oxygens (including phenoxy) is 4. The van der Waals surface area contributed by atoms with Crippen molar-refractivity contribution in [3.8, 4) is 0 Å². The van der Waals surface area contributed by atoms with Crippen molar-refractivity contribution < 1.29 is 28.5 Å². The van der Waals surface area contributed by atoms with E-state index in [2.05, 4.69) is 11.9 Å². The van der Waals surface area contributed by atoms with Gasteiger partial charge in [0.25, 0.3) is 0 Å². The quantitative estimate of drug-likeness (QED) is 0.551. The van der Waals surface area contributed by atoms with E-state index in [0.717, 1.165) is 5.56 Å². The molecule has 0 radical (unpaired) electrons. The third-order valence-electron chi connectivity index (χ3n) is 4.12. The van der Waals surface area contributed by atoms with Crippen molar-refractivity contribution in [3.05, 3.63) is 48.6 Å². The second kappa shape index (κ2) is 10.2. The average molecular weight is 377 g/mol. The summed E-state index contributed by atoms with van der Waals surface area (Å²) in [4.78, 5) is 23.3. The van der Waals surface area contributed by atoms with Gasteiger partial charge < -0.3 is 24.3 Å². The van der Waals surface area contributed by atoms with Gasteiger partial charge in [-0.3, -0.25) is 9.59 Å². The molecule has 1 aromatic rings. The van der Waals surface area contributed by atoms with E-state index in [0.29, 0.717) is 6.61 Å². The Bertz CT molecular complexity index is 635. The highest BCUT2D eigenvalue weighted by Crippen LogP contribution is 2.27. The lowest BCUT2D eigenvalue weighted by molar-refractivity contribution is -0.281. The van der Waals surface area contributed by atoms with E-state index in [4.69, 9.17) is 18.9 Å². The number of benzene rings is 1. The molecule has 1 fully saturated rings. The topological polar surface area (TPSA) is 83.1 Å². The zero-order valence-corrected chi connectivity index (χ0v) is 15.9. The number of amides is 1. The van der Waals surface area contributed by atoms with Crippen molar-refractivity contribution in [1.82, 2.24) is 5.32 Å². The minimum atomic E-state index is -0.745. The minimum absolute atomic E-state index is 0.258. The van der Waals surface area contributed by atoms with Gasteiger partial charge in [-0.1, -0.05) is 36.4 Å². The van der Waals surface area contributed by atoms with Gasteiger partial charge in [0.05, 0.1) is 25.4 Å². The van der Waals surface area contributed by atoms with Gasteiger partial charge in [-0.05, 0) is 12.5 Å². The summed E-state index contributed by atoms with van der Waals surface area (Å²) >= 11 is 0. The van der Waals surface area contributed by atoms with Crippen molar-refractivity contribution in [1.29, 1.82) is 0 Å². The molecular weight excluding hydrogens is 350 g/mol. The van der Waals surface area contributed by atoms with Crippen LogP contribution < -0.4 is 5.32 Å². The Morgan fingerprint density at radius 2 is 1.89 bits per heavy atom. The van der Waals surface area contributed by atoms with Crippen LogP contribution in [0.5, 0.6) is 0 Å². The molecule has 27 heavy (non-hydrogen) atoms. The summed E-state index contributed by atoms with van der Waals surface area (Å²) < 4.78 is 23.1. The van der Waals surface area contributed by atoms with E-state index >= 15 is 0 Å². The van der Waals surface area contributed by atoms with Gasteiger partial charge in [-0.2, -0.15) is 0 Å². The Balaban J connectivity index is 2.25. The summed E-state index contributed by atoms with van der Waals surface area (Å²) in [5.74, 6) is -0.722. The van der Waals surface area contributed by atoms with Crippen molar-refractivity contribution in [2.75, 3.05) is 6.61 Å². The lowest BCUT2D eigenvalue weighted by Gasteiger charge is -2.44. The smallest absolute Gasteiger partial charge is 0.303 e. The molecule has 0 aromatic heterocycles. The Hall–Kier alpha value is -2.22. The summed E-state index contributed by atoms with van der Waals surface area (Å²) in [5.41, 5.74) is 0.962. The van der Waals surface area contributed by atoms with E-state index in [1.54, 1.807) is 13.0 Å². The molecule has 5 atom stereocenters. The van der Waals surface area contributed by atoms with Crippen LogP contribution in [0.25, 0.3) is 0 Å². The largest absolute Gasteiger partial charge is 0.457 e. The molecule has 0 aliphatic carbocycles. The molecule has 0 saturated carbocycles. The predicted molar refractivity (Wildman–Crippen MR) is 98.7 cm³/mol. The van der Waals surface area contributed by atoms with Gasteiger partial charge in [0.15, 0.2) is 12.4 Å². The third-order valence-corrected chi connectivity index (χ3v) is 4.12. The molecule has 1 N–H and O–H groups in total. The van der Waals surface area contributed by atoms with Crippen LogP contribution in [0.3, 0.4) is 0 Å². The molecule has 0 spiro atoms. The monoisotopic (exact) mass is 377 g/mol. The molecule has 1 aliphatic heterocycles. The van der Waals surface area contributed by atoms with Crippen LogP contribution in [0.2, 0.25) is 0 Å². The lowest BCUT2D eigenvalue weighted by atomic mass is 9.96. The molecule has 1 unspecified atom stereocenters. The fourth-order valence-corrected chi connectivity index (χ4v) is 3.02. The van der Waals surface area contributed by atoms with E-state index in [9.17, 15) is 9.59 Å². The van der Waals surface area contributed by atoms with Gasteiger partial charge in [-0.15, -0.1) is 6.58 Å². The van der Waals surface area contributed by atoms with E-state index in [1.165, 1.54) is 13.8 Å². The van der Waals surface area contributed by atoms with Crippen LogP contribution >= 0.6 is 0 Å². The Kier molecular flexibility index (Phi) is 7.97. The number of hydrogen-bond donors (Lipinski definition) is 1. The molecule has 7 heteroatoms. The van der Waals surface area contributed by atoms with Gasteiger partial charge in [0.1, 0.15) is 6.10 Å². The fraction of sp³-hybridized carbons (Fsp3) is 0.500. The van der Waals surface area contributed by atoms with Crippen molar-refractivity contribution in [2.24, 2.45) is 0 Å². The van der Waals surface area contributed by atoms with E-state index < -0.39 is 36.6 Å². The van der Waals surface area contributed by atoms with Crippen LogP contribution in [-0.2, 0) is 35.1 Å². The van der Waals surface area contributed by atoms with Gasteiger partial charge >= 0.3 is 5.97 Å². The molecule has 148 valence electrons. The molecule has 7 nitrogen and oxygen atoms in total. The van der Waals surface area contributed by atoms with Crippen LogP contribution in [0.15, 0.2) is 43.0 Å². The minimum Gasteiger partial charge on any atom is -0.457 e. The summed E-state index contributed by atoms with van der Waals surface area (Å²) in [6.07, 6.45) is -0.999. The Labute approximate surface area is 159 Å². The molecule has 1 amide bonds. The van der Waals surface area contributed by atoms with Crippen molar-refractivity contribution >= 4 is 11.9 Å². The second-order valence-electron chi connectivity index (χ2n) is 6.39. The van der Waals surface area contributed by atoms with Gasteiger partial charge in [-0.25, -0.2) is 0 Å². The molecule has 2 rings (SSSR count). The first-order valence-corrected chi connectivity index (χ1v) is 8.90. The summed E-state index contributed by atoms with van der Waals surface area (Å²) in [6.45, 7) is 8.68. The van der Waals surface area contributed by atoms with Crippen LogP contribution in [-0.4, -0.2) is 49.1 Å². The number of carbonyl (C=O) groups excluding carboxylic acids is 2. The summed E-state index contributed by atoms with van der Waals surface area (Å²) in [6, 6.07) is 9.00. The predicted octanol–water partition coefficient (Wildman–Crippen LogP) is 1.96. The van der Waals surface area contributed by atoms with E-state index in [-0.39, 0.29) is 12.5 Å². The normalized spacial score (nSPS) is 27.6. The zero-order chi connectivity index (χ0) is 19.8. The Morgan fingerprint density at radius 1 is 1.19 bits per heavy atom. The maximum atomic E-state index is 11.8. The molecule has 1 aromatic carbocycles. The highest BCUT2D eigenvalue weighted by Gasteiger charge is 2.47. The number of carbonyl (C=O) groups is 2. The number of hydrogen-bond acceptors (Lipinski definition) is 6. The number of nitrogens with one attached hydrogen (secondary N) is 1. The highest BCUT2D eigenvalue weighted by molar-refractivity contribution is 5.73. The molecule has 1 heterocycles. The average Bonchev–Trinajstić information content (AvgIpc) is 2.62. The SMILES string of the molecule is C=CCOC1O[C@H](C)[C@H](OC(C)=O)[C@H](NC(C)=O)[C@H]1OCc1ccccc1. The first kappa shape index (κ1) is 21.1. The zero-order valence-electron chi connectivity index (χ0n) is 15.9. The third kappa shape index (κ3) is 6.16. The molecule has 1 aliphatic rings. The van der Waals surface area contributed by atoms with Crippen molar-refractivity contribution in [2.45, 2.75) is 58.0 Å². The first-order valence-electron chi connectivity index (χ1n) is 8.90. The molecule has 0 bridgehead atoms. The highest BCUT2D eigenvalue weighted by atomic mass is 16.7. The standard InChI is InChI=1S/C20H27NO6/c1-5-11-24-20-19(25-12-16-9-7-6-8-10-16)17(21-14(3)22)18(13(2)26-20)27-15(4)23/h5-10,13,17-20H,1,11-12H2,2-4H3,(H,21,22)/t13-,17+,18+,19-,20?/m1/s1. The van der Waals surface area contributed by atoms with Crippen molar-refractivity contribution in [3.63, 3.8) is 0 Å². The Morgan fingerprint density at radius 3 is 2.48 bits per heavy atom. The first-order chi connectivity index (χ1) is 12.9. The van der Waals surface area contributed by atoms with Crippen LogP contribution in [0.4, 0.5) is 0 Å². The lowest BCUT2D eigenvalue weighted by Crippen LogP contribution is -2.65. The number of esters is 1. The van der Waals surface area contributed by atoms with Gasteiger partial charge in [0, 0.05) is 13.8 Å².